The van der Waals surface area contributed by atoms with Gasteiger partial charge in [-0.15, -0.1) is 12.4 Å². The zero-order valence-electron chi connectivity index (χ0n) is 14.1. The van der Waals surface area contributed by atoms with Gasteiger partial charge in [0, 0.05) is 26.3 Å². The van der Waals surface area contributed by atoms with Gasteiger partial charge in [-0.2, -0.15) is 0 Å². The summed E-state index contributed by atoms with van der Waals surface area (Å²) in [6, 6.07) is 0.0575. The van der Waals surface area contributed by atoms with E-state index < -0.39 is 0 Å². The monoisotopic (exact) mass is 345 g/mol. The molecule has 23 heavy (non-hydrogen) atoms. The number of amides is 1. The maximum atomic E-state index is 12.1. The van der Waals surface area contributed by atoms with Crippen LogP contribution in [0.2, 0.25) is 0 Å². The summed E-state index contributed by atoms with van der Waals surface area (Å²) in [6.07, 6.45) is 7.14. The smallest absolute Gasteiger partial charge is 0.237 e. The van der Waals surface area contributed by atoms with Crippen molar-refractivity contribution in [2.24, 2.45) is 11.8 Å². The van der Waals surface area contributed by atoms with Crippen molar-refractivity contribution in [3.05, 3.63) is 0 Å². The van der Waals surface area contributed by atoms with Crippen molar-refractivity contribution in [1.29, 1.82) is 0 Å². The van der Waals surface area contributed by atoms with Crippen LogP contribution >= 0.6 is 12.4 Å². The summed E-state index contributed by atoms with van der Waals surface area (Å²) in [4.78, 5) is 14.7. The summed E-state index contributed by atoms with van der Waals surface area (Å²) in [5.74, 6) is 1.60. The van der Waals surface area contributed by atoms with E-state index in [1.165, 1.54) is 38.8 Å². The third-order valence-corrected chi connectivity index (χ3v) is 5.42. The number of hydrogen-bond acceptors (Lipinski definition) is 4. The van der Waals surface area contributed by atoms with Crippen LogP contribution in [0.5, 0.6) is 0 Å². The Morgan fingerprint density at radius 3 is 2.87 bits per heavy atom. The lowest BCUT2D eigenvalue weighted by Gasteiger charge is -2.33. The van der Waals surface area contributed by atoms with Gasteiger partial charge in [-0.05, 0) is 70.0 Å². The van der Waals surface area contributed by atoms with Gasteiger partial charge in [0.15, 0.2) is 0 Å². The number of rotatable bonds is 6. The molecule has 134 valence electrons. The molecule has 3 fully saturated rings. The van der Waals surface area contributed by atoms with Gasteiger partial charge in [0.1, 0.15) is 0 Å². The molecule has 1 amide bonds. The first-order chi connectivity index (χ1) is 10.8. The van der Waals surface area contributed by atoms with Crippen molar-refractivity contribution in [3.8, 4) is 0 Å². The van der Waals surface area contributed by atoms with E-state index in [4.69, 9.17) is 4.74 Å². The number of likely N-dealkylation sites (tertiary alicyclic amines) is 1. The van der Waals surface area contributed by atoms with Gasteiger partial charge in [0.25, 0.3) is 0 Å². The van der Waals surface area contributed by atoms with Gasteiger partial charge in [-0.1, -0.05) is 0 Å². The van der Waals surface area contributed by atoms with Crippen LogP contribution in [-0.2, 0) is 9.53 Å². The van der Waals surface area contributed by atoms with Gasteiger partial charge in [-0.25, -0.2) is 0 Å². The van der Waals surface area contributed by atoms with E-state index in [1.54, 1.807) is 0 Å². The van der Waals surface area contributed by atoms with Crippen LogP contribution in [0.3, 0.4) is 0 Å². The predicted octanol–water partition coefficient (Wildman–Crippen LogP) is 1.41. The van der Waals surface area contributed by atoms with Crippen LogP contribution in [0, 0.1) is 11.8 Å². The zero-order chi connectivity index (χ0) is 15.2. The average molecular weight is 346 g/mol. The molecular formula is C17H32ClN3O2. The van der Waals surface area contributed by atoms with Crippen LogP contribution < -0.4 is 10.6 Å². The van der Waals surface area contributed by atoms with Crippen molar-refractivity contribution in [1.82, 2.24) is 15.5 Å². The normalized spacial score (nSPS) is 31.7. The summed E-state index contributed by atoms with van der Waals surface area (Å²) in [5, 5.41) is 6.43. The van der Waals surface area contributed by atoms with Gasteiger partial charge in [0.2, 0.25) is 5.91 Å². The molecule has 0 saturated carbocycles. The molecule has 2 N–H and O–H groups in total. The second-order valence-electron chi connectivity index (χ2n) is 7.22. The molecule has 5 nitrogen and oxygen atoms in total. The van der Waals surface area contributed by atoms with Gasteiger partial charge in [-0.3, -0.25) is 4.79 Å². The lowest BCUT2D eigenvalue weighted by Crippen LogP contribution is -2.45. The molecule has 3 aliphatic rings. The van der Waals surface area contributed by atoms with Crippen LogP contribution in [0.1, 0.15) is 38.5 Å². The highest BCUT2D eigenvalue weighted by Gasteiger charge is 2.25. The first kappa shape index (κ1) is 19.0. The molecule has 3 unspecified atom stereocenters. The zero-order valence-corrected chi connectivity index (χ0v) is 14.9. The molecule has 0 aromatic rings. The lowest BCUT2D eigenvalue weighted by molar-refractivity contribution is -0.123. The van der Waals surface area contributed by atoms with E-state index in [9.17, 15) is 4.79 Å². The van der Waals surface area contributed by atoms with Gasteiger partial charge in [0.05, 0.1) is 6.04 Å². The third-order valence-electron chi connectivity index (χ3n) is 5.42. The fourth-order valence-electron chi connectivity index (χ4n) is 3.97. The molecule has 0 spiro atoms. The molecule has 0 aromatic carbocycles. The molecule has 3 aliphatic heterocycles. The number of carbonyl (C=O) groups is 1. The summed E-state index contributed by atoms with van der Waals surface area (Å²) in [7, 11) is 0. The Morgan fingerprint density at radius 1 is 1.22 bits per heavy atom. The molecule has 3 heterocycles. The Bertz CT molecular complexity index is 358. The van der Waals surface area contributed by atoms with E-state index in [-0.39, 0.29) is 24.4 Å². The third kappa shape index (κ3) is 5.89. The number of carbonyl (C=O) groups excluding carboxylic acids is 1. The second kappa shape index (κ2) is 9.82. The highest BCUT2D eigenvalue weighted by Crippen LogP contribution is 2.20. The average Bonchev–Trinajstić information content (AvgIpc) is 3.24. The SMILES string of the molecule is Cl.O=C(NCC1CCCN(CCC2CCOC2)C1)C1CCCN1. The molecular weight excluding hydrogens is 314 g/mol. The van der Waals surface area contributed by atoms with Crippen molar-refractivity contribution >= 4 is 18.3 Å². The number of nitrogens with zero attached hydrogens (tertiary/aromatic N) is 1. The van der Waals surface area contributed by atoms with E-state index in [0.717, 1.165) is 51.6 Å². The largest absolute Gasteiger partial charge is 0.381 e. The Hall–Kier alpha value is -0.360. The molecule has 0 aromatic heterocycles. The van der Waals surface area contributed by atoms with Crippen LogP contribution in [0.4, 0.5) is 0 Å². The minimum atomic E-state index is 0. The first-order valence-electron chi connectivity index (χ1n) is 9.12. The molecule has 3 saturated heterocycles. The Morgan fingerprint density at radius 2 is 2.13 bits per heavy atom. The molecule has 0 bridgehead atoms. The highest BCUT2D eigenvalue weighted by molar-refractivity contribution is 5.85. The number of nitrogens with one attached hydrogen (secondary N) is 2. The van der Waals surface area contributed by atoms with Gasteiger partial charge < -0.3 is 20.3 Å². The van der Waals surface area contributed by atoms with E-state index in [0.29, 0.717) is 5.92 Å². The summed E-state index contributed by atoms with van der Waals surface area (Å²) < 4.78 is 5.46. The number of ether oxygens (including phenoxy) is 1. The maximum Gasteiger partial charge on any atom is 0.237 e. The van der Waals surface area contributed by atoms with Crippen molar-refractivity contribution < 1.29 is 9.53 Å². The summed E-state index contributed by atoms with van der Waals surface area (Å²) in [6.45, 7) is 7.31. The fourth-order valence-corrected chi connectivity index (χ4v) is 3.97. The quantitative estimate of drug-likeness (QED) is 0.764. The van der Waals surface area contributed by atoms with Crippen molar-refractivity contribution in [2.75, 3.05) is 45.9 Å². The molecule has 0 aliphatic carbocycles. The van der Waals surface area contributed by atoms with E-state index in [1.807, 2.05) is 0 Å². The second-order valence-corrected chi connectivity index (χ2v) is 7.22. The molecule has 3 rings (SSSR count). The topological polar surface area (TPSA) is 53.6 Å². The first-order valence-corrected chi connectivity index (χ1v) is 9.12. The predicted molar refractivity (Wildman–Crippen MR) is 94.0 cm³/mol. The van der Waals surface area contributed by atoms with Crippen molar-refractivity contribution in [2.45, 2.75) is 44.6 Å². The van der Waals surface area contributed by atoms with Gasteiger partial charge >= 0.3 is 0 Å². The number of hydrogen-bond donors (Lipinski definition) is 2. The molecule has 6 heteroatoms. The Labute approximate surface area is 146 Å². The highest BCUT2D eigenvalue weighted by atomic mass is 35.5. The van der Waals surface area contributed by atoms with Crippen LogP contribution in [0.25, 0.3) is 0 Å². The van der Waals surface area contributed by atoms with Crippen LogP contribution in [-0.4, -0.2) is 62.8 Å². The lowest BCUT2D eigenvalue weighted by atomic mass is 9.96. The summed E-state index contributed by atoms with van der Waals surface area (Å²) >= 11 is 0. The van der Waals surface area contributed by atoms with E-state index >= 15 is 0 Å². The number of halogens is 1. The molecule has 3 atom stereocenters. The maximum absolute atomic E-state index is 12.1. The van der Waals surface area contributed by atoms with Crippen LogP contribution in [0.15, 0.2) is 0 Å². The van der Waals surface area contributed by atoms with E-state index in [2.05, 4.69) is 15.5 Å². The minimum absolute atomic E-state index is 0. The Kier molecular flexibility index (Phi) is 8.10. The molecule has 0 radical (unpaired) electrons. The standard InChI is InChI=1S/C17H31N3O2.ClH/c21-17(16-4-1-7-18-16)19-11-15-3-2-8-20(12-15)9-5-14-6-10-22-13-14;/h14-16,18H,1-13H2,(H,19,21);1H. The summed E-state index contributed by atoms with van der Waals surface area (Å²) in [5.41, 5.74) is 0. The van der Waals surface area contributed by atoms with Crippen molar-refractivity contribution in [3.63, 3.8) is 0 Å². The fraction of sp³-hybridized carbons (Fsp3) is 0.941. The number of piperidine rings is 1. The Balaban J connectivity index is 0.00000192. The minimum Gasteiger partial charge on any atom is -0.381 e.